The molecule has 3 N–H and O–H groups in total. The Morgan fingerprint density at radius 3 is 2.55 bits per heavy atom. The molecule has 1 aromatic carbocycles. The highest BCUT2D eigenvalue weighted by Crippen LogP contribution is 2.29. The Morgan fingerprint density at radius 2 is 2.05 bits per heavy atom. The SMILES string of the molecule is CC[C@H](CN(C)c1cc(Br)cc(N)c1C=N)C(=O)N(C)CC. The number of carbonyl (C=O) groups is 1. The topological polar surface area (TPSA) is 73.4 Å². The van der Waals surface area contributed by atoms with Gasteiger partial charge in [0.25, 0.3) is 0 Å². The Hall–Kier alpha value is -1.56. The number of benzene rings is 1. The molecule has 0 heterocycles. The van der Waals surface area contributed by atoms with E-state index in [1.165, 1.54) is 6.21 Å². The number of nitrogens with one attached hydrogen (secondary N) is 1. The maximum absolute atomic E-state index is 12.4. The van der Waals surface area contributed by atoms with Crippen LogP contribution in [0.2, 0.25) is 0 Å². The average molecular weight is 369 g/mol. The van der Waals surface area contributed by atoms with Crippen LogP contribution in [0.1, 0.15) is 25.8 Å². The van der Waals surface area contributed by atoms with E-state index in [1.807, 2.05) is 38.9 Å². The second kappa shape index (κ2) is 8.17. The van der Waals surface area contributed by atoms with Crippen LogP contribution in [0.5, 0.6) is 0 Å². The summed E-state index contributed by atoms with van der Waals surface area (Å²) in [6.45, 7) is 5.29. The number of carbonyl (C=O) groups excluding carboxylic acids is 1. The number of anilines is 2. The third kappa shape index (κ3) is 4.22. The van der Waals surface area contributed by atoms with Gasteiger partial charge in [-0.2, -0.15) is 0 Å². The third-order valence-corrected chi connectivity index (χ3v) is 4.36. The Balaban J connectivity index is 3.03. The molecule has 0 aliphatic heterocycles. The van der Waals surface area contributed by atoms with Crippen LogP contribution in [0.3, 0.4) is 0 Å². The molecule has 122 valence electrons. The number of nitrogens with two attached hydrogens (primary N) is 1. The zero-order valence-electron chi connectivity index (χ0n) is 13.7. The number of hydrogen-bond acceptors (Lipinski definition) is 4. The summed E-state index contributed by atoms with van der Waals surface area (Å²) in [5, 5.41) is 7.58. The van der Waals surface area contributed by atoms with Crippen molar-refractivity contribution < 1.29 is 4.79 Å². The van der Waals surface area contributed by atoms with Crippen LogP contribution in [0.25, 0.3) is 0 Å². The van der Waals surface area contributed by atoms with Crippen molar-refractivity contribution in [3.8, 4) is 0 Å². The molecule has 0 saturated heterocycles. The fourth-order valence-corrected chi connectivity index (χ4v) is 2.84. The standard InChI is InChI=1S/C16H25BrN4O/c1-5-11(16(22)20(3)6-2)10-21(4)15-8-12(17)7-14(19)13(15)9-18/h7-9,11,18H,5-6,10,19H2,1-4H3/t11-/m1/s1. The van der Waals surface area contributed by atoms with E-state index in [1.54, 1.807) is 11.0 Å². The minimum atomic E-state index is -0.0752. The number of nitrogens with zero attached hydrogens (tertiary/aromatic N) is 2. The molecule has 1 rings (SSSR count). The molecule has 0 bridgehead atoms. The number of rotatable bonds is 7. The Kier molecular flexibility index (Phi) is 6.87. The Labute approximate surface area is 141 Å². The van der Waals surface area contributed by atoms with Crippen LogP contribution >= 0.6 is 15.9 Å². The van der Waals surface area contributed by atoms with E-state index in [0.717, 1.165) is 16.6 Å². The molecular weight excluding hydrogens is 344 g/mol. The van der Waals surface area contributed by atoms with Gasteiger partial charge in [-0.15, -0.1) is 0 Å². The van der Waals surface area contributed by atoms with Crippen LogP contribution in [0.15, 0.2) is 16.6 Å². The molecule has 1 aromatic rings. The first kappa shape index (κ1) is 18.5. The van der Waals surface area contributed by atoms with Crippen LogP contribution < -0.4 is 10.6 Å². The molecule has 0 aliphatic rings. The maximum atomic E-state index is 12.4. The normalized spacial score (nSPS) is 11.9. The van der Waals surface area contributed by atoms with Gasteiger partial charge in [-0.05, 0) is 25.5 Å². The third-order valence-electron chi connectivity index (χ3n) is 3.90. The predicted octanol–water partition coefficient (Wildman–Crippen LogP) is 2.97. The minimum absolute atomic E-state index is 0.0752. The summed E-state index contributed by atoms with van der Waals surface area (Å²) in [6, 6.07) is 3.71. The summed E-state index contributed by atoms with van der Waals surface area (Å²) in [6.07, 6.45) is 2.03. The molecule has 0 spiro atoms. The van der Waals surface area contributed by atoms with Crippen LogP contribution in [0, 0.1) is 11.3 Å². The number of hydrogen-bond donors (Lipinski definition) is 2. The molecule has 0 radical (unpaired) electrons. The molecule has 0 fully saturated rings. The molecule has 1 atom stereocenters. The summed E-state index contributed by atoms with van der Waals surface area (Å²) in [5.41, 5.74) is 8.06. The van der Waals surface area contributed by atoms with Gasteiger partial charge in [0.1, 0.15) is 0 Å². The van der Waals surface area contributed by atoms with E-state index in [2.05, 4.69) is 15.9 Å². The van der Waals surface area contributed by atoms with Crippen molar-refractivity contribution >= 4 is 39.4 Å². The van der Waals surface area contributed by atoms with Crippen molar-refractivity contribution in [1.82, 2.24) is 4.90 Å². The van der Waals surface area contributed by atoms with Crippen molar-refractivity contribution in [2.24, 2.45) is 5.92 Å². The van der Waals surface area contributed by atoms with E-state index < -0.39 is 0 Å². The first-order valence-corrected chi connectivity index (χ1v) is 8.20. The van der Waals surface area contributed by atoms with Crippen molar-refractivity contribution in [1.29, 1.82) is 5.41 Å². The zero-order chi connectivity index (χ0) is 16.9. The smallest absolute Gasteiger partial charge is 0.227 e. The van der Waals surface area contributed by atoms with Gasteiger partial charge in [-0.1, -0.05) is 22.9 Å². The van der Waals surface area contributed by atoms with Crippen LogP contribution in [-0.2, 0) is 4.79 Å². The number of halogens is 1. The summed E-state index contributed by atoms with van der Waals surface area (Å²) in [4.78, 5) is 16.1. The van der Waals surface area contributed by atoms with Gasteiger partial charge in [0, 0.05) is 54.8 Å². The molecule has 5 nitrogen and oxygen atoms in total. The van der Waals surface area contributed by atoms with Crippen molar-refractivity contribution in [3.63, 3.8) is 0 Å². The number of nitrogen functional groups attached to an aromatic ring is 1. The molecule has 0 aliphatic carbocycles. The molecule has 22 heavy (non-hydrogen) atoms. The second-order valence-electron chi connectivity index (χ2n) is 5.41. The van der Waals surface area contributed by atoms with Crippen molar-refractivity contribution in [2.75, 3.05) is 37.8 Å². The van der Waals surface area contributed by atoms with E-state index in [-0.39, 0.29) is 11.8 Å². The van der Waals surface area contributed by atoms with E-state index in [9.17, 15) is 4.79 Å². The molecule has 6 heteroatoms. The fourth-order valence-electron chi connectivity index (χ4n) is 2.38. The van der Waals surface area contributed by atoms with E-state index in [0.29, 0.717) is 24.3 Å². The second-order valence-corrected chi connectivity index (χ2v) is 6.33. The highest BCUT2D eigenvalue weighted by Gasteiger charge is 2.22. The lowest BCUT2D eigenvalue weighted by Gasteiger charge is -2.28. The summed E-state index contributed by atoms with van der Waals surface area (Å²) in [7, 11) is 3.75. The lowest BCUT2D eigenvalue weighted by Crippen LogP contribution is -2.38. The Morgan fingerprint density at radius 1 is 1.41 bits per heavy atom. The van der Waals surface area contributed by atoms with Crippen molar-refractivity contribution in [3.05, 3.63) is 22.2 Å². The summed E-state index contributed by atoms with van der Waals surface area (Å²) in [5.74, 6) is 0.0740. The lowest BCUT2D eigenvalue weighted by atomic mass is 10.0. The molecule has 1 amide bonds. The zero-order valence-corrected chi connectivity index (χ0v) is 15.3. The van der Waals surface area contributed by atoms with Crippen LogP contribution in [-0.4, -0.2) is 44.2 Å². The summed E-state index contributed by atoms with van der Waals surface area (Å²) >= 11 is 3.43. The predicted molar refractivity (Wildman–Crippen MR) is 96.8 cm³/mol. The fraction of sp³-hybridized carbons (Fsp3) is 0.500. The largest absolute Gasteiger partial charge is 0.398 e. The highest BCUT2D eigenvalue weighted by molar-refractivity contribution is 9.10. The first-order chi connectivity index (χ1) is 10.3. The number of amides is 1. The van der Waals surface area contributed by atoms with Gasteiger partial charge >= 0.3 is 0 Å². The molecule has 0 saturated carbocycles. The Bertz CT molecular complexity index is 547. The molecule has 0 aromatic heterocycles. The van der Waals surface area contributed by atoms with E-state index >= 15 is 0 Å². The van der Waals surface area contributed by atoms with E-state index in [4.69, 9.17) is 11.1 Å². The quantitative estimate of drug-likeness (QED) is 0.573. The van der Waals surface area contributed by atoms with Crippen molar-refractivity contribution in [2.45, 2.75) is 20.3 Å². The van der Waals surface area contributed by atoms with Gasteiger partial charge < -0.3 is 20.9 Å². The van der Waals surface area contributed by atoms with Gasteiger partial charge in [-0.25, -0.2) is 0 Å². The van der Waals surface area contributed by atoms with Crippen LogP contribution in [0.4, 0.5) is 11.4 Å². The highest BCUT2D eigenvalue weighted by atomic mass is 79.9. The average Bonchev–Trinajstić information content (AvgIpc) is 2.50. The van der Waals surface area contributed by atoms with Gasteiger partial charge in [0.2, 0.25) is 5.91 Å². The lowest BCUT2D eigenvalue weighted by molar-refractivity contribution is -0.133. The molecular formula is C16H25BrN4O. The monoisotopic (exact) mass is 368 g/mol. The molecule has 0 unspecified atom stereocenters. The summed E-state index contributed by atoms with van der Waals surface area (Å²) < 4.78 is 0.863. The van der Waals surface area contributed by atoms with Gasteiger partial charge in [-0.3, -0.25) is 4.79 Å². The van der Waals surface area contributed by atoms with Gasteiger partial charge in [0.15, 0.2) is 0 Å². The van der Waals surface area contributed by atoms with Gasteiger partial charge in [0.05, 0.1) is 5.92 Å². The first-order valence-electron chi connectivity index (χ1n) is 7.41. The minimum Gasteiger partial charge on any atom is -0.398 e. The maximum Gasteiger partial charge on any atom is 0.227 e.